The fraction of sp³-hybridized carbons (Fsp3) is 0.308. The van der Waals surface area contributed by atoms with Crippen LogP contribution in [0.1, 0.15) is 18.1 Å². The Labute approximate surface area is 114 Å². The Kier molecular flexibility index (Phi) is 4.79. The molecular weight excluding hydrogens is 269 g/mol. The molecule has 3 N–H and O–H groups in total. The van der Waals surface area contributed by atoms with E-state index >= 15 is 0 Å². The zero-order valence-corrected chi connectivity index (χ0v) is 10.9. The Hall–Kier alpha value is -2.44. The van der Waals surface area contributed by atoms with E-state index in [2.05, 4.69) is 5.32 Å². The van der Waals surface area contributed by atoms with E-state index < -0.39 is 29.6 Å². The van der Waals surface area contributed by atoms with Crippen molar-refractivity contribution < 1.29 is 29.0 Å². The number of carbonyl (C=O) groups is 3. The third-order valence-corrected chi connectivity index (χ3v) is 2.81. The number of aliphatic carboxylic acids is 2. The summed E-state index contributed by atoms with van der Waals surface area (Å²) in [5.74, 6) is -5.67. The maximum absolute atomic E-state index is 13.5. The van der Waals surface area contributed by atoms with Gasteiger partial charge in [0.25, 0.3) is 0 Å². The topological polar surface area (TPSA) is 104 Å². The van der Waals surface area contributed by atoms with Gasteiger partial charge in [-0.15, -0.1) is 0 Å². The summed E-state index contributed by atoms with van der Waals surface area (Å²) in [4.78, 5) is 32.9. The summed E-state index contributed by atoms with van der Waals surface area (Å²) in [7, 11) is 0. The molecule has 0 saturated heterocycles. The number of rotatable bonds is 5. The van der Waals surface area contributed by atoms with Crippen molar-refractivity contribution in [1.82, 2.24) is 0 Å². The van der Waals surface area contributed by atoms with Crippen LogP contribution in [0.15, 0.2) is 12.1 Å². The van der Waals surface area contributed by atoms with E-state index in [0.717, 1.165) is 6.07 Å². The van der Waals surface area contributed by atoms with Gasteiger partial charge in [0.05, 0.1) is 0 Å². The van der Waals surface area contributed by atoms with Crippen LogP contribution < -0.4 is 5.32 Å². The van der Waals surface area contributed by atoms with Crippen molar-refractivity contribution in [1.29, 1.82) is 0 Å². The van der Waals surface area contributed by atoms with Crippen LogP contribution in [0.2, 0.25) is 0 Å². The van der Waals surface area contributed by atoms with Crippen LogP contribution in [-0.2, 0) is 20.8 Å². The molecule has 0 spiro atoms. The molecule has 20 heavy (non-hydrogen) atoms. The van der Waals surface area contributed by atoms with Crippen LogP contribution in [0, 0.1) is 18.7 Å². The Bertz CT molecular complexity index is 556. The number of nitrogens with one attached hydrogen (secondary N) is 1. The average Bonchev–Trinajstić information content (AvgIpc) is 2.32. The number of benzene rings is 1. The van der Waals surface area contributed by atoms with Gasteiger partial charge in [-0.1, -0.05) is 6.07 Å². The normalized spacial score (nSPS) is 10.4. The molecule has 1 amide bonds. The highest BCUT2D eigenvalue weighted by Gasteiger charge is 2.27. The molecule has 6 nitrogen and oxygen atoms in total. The fourth-order valence-electron chi connectivity index (χ4n) is 1.76. The van der Waals surface area contributed by atoms with Gasteiger partial charge < -0.3 is 15.5 Å². The van der Waals surface area contributed by atoms with Gasteiger partial charge in [0, 0.05) is 18.2 Å². The van der Waals surface area contributed by atoms with Crippen molar-refractivity contribution in [3.8, 4) is 0 Å². The number of carboxylic acids is 2. The largest absolute Gasteiger partial charge is 0.481 e. The van der Waals surface area contributed by atoms with Crippen LogP contribution in [0.25, 0.3) is 0 Å². The van der Waals surface area contributed by atoms with Gasteiger partial charge in [-0.3, -0.25) is 14.4 Å². The molecule has 0 bridgehead atoms. The van der Waals surface area contributed by atoms with Crippen molar-refractivity contribution in [2.45, 2.75) is 20.3 Å². The van der Waals surface area contributed by atoms with Gasteiger partial charge in [0.2, 0.25) is 5.91 Å². The first kappa shape index (κ1) is 15.6. The maximum atomic E-state index is 13.5. The van der Waals surface area contributed by atoms with Crippen molar-refractivity contribution >= 4 is 23.5 Å². The zero-order valence-electron chi connectivity index (χ0n) is 10.9. The summed E-state index contributed by atoms with van der Waals surface area (Å²) < 4.78 is 13.5. The van der Waals surface area contributed by atoms with Crippen LogP contribution in [0.4, 0.5) is 10.1 Å². The fourth-order valence-corrected chi connectivity index (χ4v) is 1.76. The molecule has 0 radical (unpaired) electrons. The highest BCUT2D eigenvalue weighted by Crippen LogP contribution is 2.26. The summed E-state index contributed by atoms with van der Waals surface area (Å²) >= 11 is 0. The van der Waals surface area contributed by atoms with E-state index in [4.69, 9.17) is 10.2 Å². The first-order chi connectivity index (χ1) is 9.23. The monoisotopic (exact) mass is 283 g/mol. The third-order valence-electron chi connectivity index (χ3n) is 2.81. The molecule has 0 unspecified atom stereocenters. The lowest BCUT2D eigenvalue weighted by atomic mass is 9.96. The average molecular weight is 283 g/mol. The van der Waals surface area contributed by atoms with Gasteiger partial charge in [-0.2, -0.15) is 0 Å². The van der Waals surface area contributed by atoms with Gasteiger partial charge in [0.15, 0.2) is 5.92 Å². The Balaban J connectivity index is 3.23. The molecule has 1 rings (SSSR count). The second-order valence-corrected chi connectivity index (χ2v) is 4.32. The minimum atomic E-state index is -1.66. The minimum absolute atomic E-state index is 0.116. The van der Waals surface area contributed by atoms with Gasteiger partial charge >= 0.3 is 11.9 Å². The molecule has 0 aliphatic carbocycles. The number of hydrogen-bond donors (Lipinski definition) is 3. The molecule has 108 valence electrons. The molecule has 0 saturated carbocycles. The third kappa shape index (κ3) is 3.53. The van der Waals surface area contributed by atoms with E-state index in [-0.39, 0.29) is 23.2 Å². The Morgan fingerprint density at radius 2 is 1.80 bits per heavy atom. The molecule has 0 fully saturated rings. The van der Waals surface area contributed by atoms with Crippen LogP contribution in [0.5, 0.6) is 0 Å². The molecule has 0 aliphatic heterocycles. The second-order valence-electron chi connectivity index (χ2n) is 4.32. The highest BCUT2D eigenvalue weighted by molar-refractivity contribution is 5.94. The number of halogens is 1. The molecule has 0 aliphatic rings. The molecular formula is C13H14FNO5. The number of anilines is 1. The first-order valence-electron chi connectivity index (χ1n) is 5.75. The van der Waals surface area contributed by atoms with Crippen molar-refractivity contribution in [2.75, 3.05) is 5.32 Å². The van der Waals surface area contributed by atoms with E-state index in [1.165, 1.54) is 19.9 Å². The highest BCUT2D eigenvalue weighted by atomic mass is 19.1. The van der Waals surface area contributed by atoms with E-state index in [1.54, 1.807) is 0 Å². The number of carboxylic acid groups (broad SMARTS) is 2. The second kappa shape index (κ2) is 6.14. The molecule has 7 heteroatoms. The van der Waals surface area contributed by atoms with Crippen LogP contribution >= 0.6 is 0 Å². The SMILES string of the molecule is CC(=O)Nc1c(CC(C(=O)O)C(=O)O)ccc(F)c1C. The summed E-state index contributed by atoms with van der Waals surface area (Å²) in [6, 6.07) is 2.38. The van der Waals surface area contributed by atoms with Gasteiger partial charge in [-0.25, -0.2) is 4.39 Å². The molecule has 0 aromatic heterocycles. The van der Waals surface area contributed by atoms with Crippen molar-refractivity contribution in [3.63, 3.8) is 0 Å². The molecule has 0 heterocycles. The summed E-state index contributed by atoms with van der Waals surface area (Å²) in [5, 5.41) is 20.1. The van der Waals surface area contributed by atoms with Crippen LogP contribution in [-0.4, -0.2) is 28.1 Å². The standard InChI is InChI=1S/C13H14FNO5/c1-6-10(14)4-3-8(11(6)15-7(2)16)5-9(12(17)18)13(19)20/h3-4,9H,5H2,1-2H3,(H,15,16)(H,17,18)(H,19,20). The number of amides is 1. The summed E-state index contributed by atoms with van der Waals surface area (Å²) in [6.07, 6.45) is -0.346. The van der Waals surface area contributed by atoms with E-state index in [9.17, 15) is 18.8 Å². The van der Waals surface area contributed by atoms with Crippen molar-refractivity contribution in [3.05, 3.63) is 29.1 Å². The quantitative estimate of drug-likeness (QED) is 0.709. The Morgan fingerprint density at radius 1 is 1.25 bits per heavy atom. The predicted molar refractivity (Wildman–Crippen MR) is 67.9 cm³/mol. The zero-order chi connectivity index (χ0) is 15.4. The van der Waals surface area contributed by atoms with Gasteiger partial charge in [-0.05, 0) is 25.0 Å². The lowest BCUT2D eigenvalue weighted by Crippen LogP contribution is -2.26. The number of hydrogen-bond acceptors (Lipinski definition) is 3. The predicted octanol–water partition coefficient (Wildman–Crippen LogP) is 1.42. The Morgan fingerprint density at radius 3 is 2.25 bits per heavy atom. The summed E-state index contributed by atoms with van der Waals surface area (Å²) in [6.45, 7) is 2.64. The molecule has 0 atom stereocenters. The van der Waals surface area contributed by atoms with Crippen LogP contribution in [0.3, 0.4) is 0 Å². The lowest BCUT2D eigenvalue weighted by molar-refractivity contribution is -0.154. The van der Waals surface area contributed by atoms with Crippen molar-refractivity contribution in [2.24, 2.45) is 5.92 Å². The molecule has 1 aromatic rings. The lowest BCUT2D eigenvalue weighted by Gasteiger charge is -2.15. The maximum Gasteiger partial charge on any atom is 0.318 e. The van der Waals surface area contributed by atoms with E-state index in [1.807, 2.05) is 0 Å². The molecule has 1 aromatic carbocycles. The summed E-state index contributed by atoms with van der Waals surface area (Å²) in [5.41, 5.74) is 0.506. The number of carbonyl (C=O) groups excluding carboxylic acids is 1. The van der Waals surface area contributed by atoms with Gasteiger partial charge in [0.1, 0.15) is 5.82 Å². The minimum Gasteiger partial charge on any atom is -0.481 e. The van der Waals surface area contributed by atoms with E-state index in [0.29, 0.717) is 0 Å². The first-order valence-corrected chi connectivity index (χ1v) is 5.75. The smallest absolute Gasteiger partial charge is 0.318 e.